The Balaban J connectivity index is 0. The van der Waals surface area contributed by atoms with Gasteiger partial charge in [-0.1, -0.05) is 0 Å². The molecule has 100 valence electrons. The van der Waals surface area contributed by atoms with Crippen molar-refractivity contribution in [2.45, 2.75) is 19.3 Å². The molecule has 0 aromatic carbocycles. The summed E-state index contributed by atoms with van der Waals surface area (Å²) in [6.07, 6.45) is 3.15. The first-order valence-electron chi connectivity index (χ1n) is 5.71. The van der Waals surface area contributed by atoms with Gasteiger partial charge in [0.2, 0.25) is 0 Å². The summed E-state index contributed by atoms with van der Waals surface area (Å²) in [6.45, 7) is 4.32. The first kappa shape index (κ1) is 20.6. The van der Waals surface area contributed by atoms with Gasteiger partial charge in [0, 0.05) is 63.9 Å². The topological polar surface area (TPSA) is 99.6 Å². The van der Waals surface area contributed by atoms with E-state index in [9.17, 15) is 4.57 Å². The molecule has 0 unspecified atom stereocenters. The van der Waals surface area contributed by atoms with Gasteiger partial charge in [0.25, 0.3) is 0 Å². The Bertz CT molecular complexity index is 164. The molecule has 1 aliphatic heterocycles. The molecule has 0 aromatic heterocycles. The summed E-state index contributed by atoms with van der Waals surface area (Å²) < 4.78 is 20.2. The third-order valence-corrected chi connectivity index (χ3v) is 2.75. The van der Waals surface area contributed by atoms with Crippen molar-refractivity contribution in [3.63, 3.8) is 0 Å². The molecule has 0 aliphatic carbocycles. The van der Waals surface area contributed by atoms with Crippen LogP contribution in [0.2, 0.25) is 0 Å². The zero-order valence-electron chi connectivity index (χ0n) is 10.5. The Hall–Kier alpha value is 1.29. The molecule has 1 heterocycles. The van der Waals surface area contributed by atoms with Crippen LogP contribution in [0.4, 0.5) is 0 Å². The molecule has 1 saturated heterocycles. The predicted molar refractivity (Wildman–Crippen MR) is 71.5 cm³/mol. The van der Waals surface area contributed by atoms with Crippen LogP contribution in [0.1, 0.15) is 19.3 Å². The van der Waals surface area contributed by atoms with Crippen LogP contribution < -0.4 is 16.8 Å². The average molecular weight is 293 g/mol. The third kappa shape index (κ3) is 17.3. The second kappa shape index (κ2) is 17.3. The largest absolute Gasteiger partial charge is 0.329 e. The van der Waals surface area contributed by atoms with Crippen LogP contribution in [-0.2, 0) is 13.6 Å². The van der Waals surface area contributed by atoms with Crippen LogP contribution in [0.3, 0.4) is 0 Å². The van der Waals surface area contributed by atoms with Gasteiger partial charge < -0.3 is 25.8 Å². The maximum Gasteiger partial charge on any atom is 0.319 e. The quantitative estimate of drug-likeness (QED) is 0.374. The molecule has 1 rings (SSSR count). The molecule has 2 radical (unpaired) electrons. The summed E-state index contributed by atoms with van der Waals surface area (Å²) in [6, 6.07) is 0. The fourth-order valence-electron chi connectivity index (χ4n) is 1.06. The fourth-order valence-corrected chi connectivity index (χ4v) is 1.77. The summed E-state index contributed by atoms with van der Waals surface area (Å²) in [5, 5.41) is 3.03. The molecular weight excluding hydrogens is 269 g/mol. The predicted octanol–water partition coefficient (Wildman–Crippen LogP) is -0.294. The first-order chi connectivity index (χ1) is 7.81. The molecule has 1 fully saturated rings. The second-order valence-corrected chi connectivity index (χ2v) is 4.41. The van der Waals surface area contributed by atoms with E-state index in [1.54, 1.807) is 0 Å². The van der Waals surface area contributed by atoms with E-state index >= 15 is 0 Å². The molecule has 0 amide bonds. The molecule has 0 atom stereocenters. The Morgan fingerprint density at radius 1 is 1.00 bits per heavy atom. The van der Waals surface area contributed by atoms with Crippen molar-refractivity contribution >= 4 is 46.0 Å². The van der Waals surface area contributed by atoms with Crippen molar-refractivity contribution in [1.29, 1.82) is 0 Å². The molecule has 8 heteroatoms. The molecule has 0 spiro atoms. The molecule has 6 nitrogen and oxygen atoms in total. The minimum absolute atomic E-state index is 0. The molecule has 0 aromatic rings. The summed E-state index contributed by atoms with van der Waals surface area (Å²) in [5.74, 6) is 0. The fraction of sp³-hybridized carbons (Fsp3) is 1.00. The number of nitrogens with two attached hydrogens (primary N) is 2. The molecular formula is C9H24CaN3O3P. The maximum atomic E-state index is 10.6. The van der Waals surface area contributed by atoms with Gasteiger partial charge in [-0.3, -0.25) is 4.57 Å². The van der Waals surface area contributed by atoms with Gasteiger partial charge in [-0.25, -0.2) is 0 Å². The van der Waals surface area contributed by atoms with E-state index in [1.807, 2.05) is 0 Å². The summed E-state index contributed by atoms with van der Waals surface area (Å²) >= 11 is 0. The number of rotatable bonds is 4. The van der Waals surface area contributed by atoms with Gasteiger partial charge in [-0.2, -0.15) is 0 Å². The van der Waals surface area contributed by atoms with E-state index in [-0.39, 0.29) is 37.7 Å². The number of hydrogen-bond acceptors (Lipinski definition) is 6. The molecule has 5 N–H and O–H groups in total. The van der Waals surface area contributed by atoms with Crippen LogP contribution in [0, 0.1) is 0 Å². The Morgan fingerprint density at radius 2 is 1.47 bits per heavy atom. The molecule has 0 bridgehead atoms. The van der Waals surface area contributed by atoms with Crippen LogP contribution in [0.25, 0.3) is 0 Å². The normalized spacial score (nSPS) is 17.1. The monoisotopic (exact) mass is 293 g/mol. The summed E-state index contributed by atoms with van der Waals surface area (Å²) in [4.78, 5) is 0. The van der Waals surface area contributed by atoms with Crippen molar-refractivity contribution in [3.05, 3.63) is 0 Å². The Morgan fingerprint density at radius 3 is 1.88 bits per heavy atom. The average Bonchev–Trinajstić information content (AvgIpc) is 2.25. The van der Waals surface area contributed by atoms with E-state index in [0.717, 1.165) is 32.4 Å². The Kier molecular flexibility index (Phi) is 21.0. The zero-order valence-corrected chi connectivity index (χ0v) is 13.7. The van der Waals surface area contributed by atoms with Gasteiger partial charge in [0.05, 0.1) is 13.2 Å². The van der Waals surface area contributed by atoms with Crippen LogP contribution in [-0.4, -0.2) is 77.1 Å². The minimum atomic E-state index is -2.10. The van der Waals surface area contributed by atoms with Gasteiger partial charge in [0.1, 0.15) is 0 Å². The van der Waals surface area contributed by atoms with Crippen molar-refractivity contribution in [2.75, 3.05) is 39.4 Å². The first-order valence-corrected chi connectivity index (χ1v) is 6.94. The van der Waals surface area contributed by atoms with E-state index in [4.69, 9.17) is 20.5 Å². The SMILES string of the molecule is NCCNCCN.O=[PH]1OCCCCCO1.[Ca]. The maximum absolute atomic E-state index is 10.6. The van der Waals surface area contributed by atoms with Crippen LogP contribution in [0.5, 0.6) is 0 Å². The van der Waals surface area contributed by atoms with Crippen molar-refractivity contribution in [1.82, 2.24) is 5.32 Å². The van der Waals surface area contributed by atoms with E-state index in [2.05, 4.69) is 5.32 Å². The van der Waals surface area contributed by atoms with Crippen LogP contribution in [0.15, 0.2) is 0 Å². The molecule has 1 aliphatic rings. The standard InChI is InChI=1S/C5H11O3P.C4H13N3.Ca/c6-9-7-4-2-1-3-5-8-9;5-1-3-7-4-2-6;/h9H,1-5H2;7H,1-6H2;. The Labute approximate surface area is 134 Å². The van der Waals surface area contributed by atoms with Crippen molar-refractivity contribution < 1.29 is 13.6 Å². The van der Waals surface area contributed by atoms with Crippen molar-refractivity contribution in [3.8, 4) is 0 Å². The smallest absolute Gasteiger partial charge is 0.319 e. The van der Waals surface area contributed by atoms with Gasteiger partial charge in [0.15, 0.2) is 0 Å². The summed E-state index contributed by atoms with van der Waals surface area (Å²) in [7, 11) is -2.10. The van der Waals surface area contributed by atoms with E-state index in [1.165, 1.54) is 0 Å². The molecule has 0 saturated carbocycles. The van der Waals surface area contributed by atoms with Gasteiger partial charge in [-0.15, -0.1) is 0 Å². The summed E-state index contributed by atoms with van der Waals surface area (Å²) in [5.41, 5.74) is 10.3. The zero-order chi connectivity index (χ0) is 12.1. The van der Waals surface area contributed by atoms with Crippen molar-refractivity contribution in [2.24, 2.45) is 11.5 Å². The third-order valence-electron chi connectivity index (χ3n) is 1.87. The van der Waals surface area contributed by atoms with E-state index < -0.39 is 8.25 Å². The van der Waals surface area contributed by atoms with Gasteiger partial charge >= 0.3 is 8.25 Å². The number of hydrogen-bond donors (Lipinski definition) is 3. The number of nitrogens with one attached hydrogen (secondary N) is 1. The molecule has 17 heavy (non-hydrogen) atoms. The van der Waals surface area contributed by atoms with E-state index in [0.29, 0.717) is 26.3 Å². The van der Waals surface area contributed by atoms with Crippen LogP contribution >= 0.6 is 8.25 Å². The second-order valence-electron chi connectivity index (χ2n) is 3.33. The van der Waals surface area contributed by atoms with Gasteiger partial charge in [-0.05, 0) is 19.3 Å². The minimum Gasteiger partial charge on any atom is -0.329 e.